The van der Waals surface area contributed by atoms with Gasteiger partial charge in [0.05, 0.1) is 18.6 Å². The molecule has 1 amide bonds. The maximum absolute atomic E-state index is 12.5. The van der Waals surface area contributed by atoms with Crippen LogP contribution >= 0.6 is 15.9 Å². The minimum atomic E-state index is -0.306. The molecule has 0 saturated carbocycles. The summed E-state index contributed by atoms with van der Waals surface area (Å²) in [6.45, 7) is 3.48. The summed E-state index contributed by atoms with van der Waals surface area (Å²) in [5.74, 6) is -0.464. The molecule has 7 heteroatoms. The minimum absolute atomic E-state index is 0.158. The molecule has 0 radical (unpaired) electrons. The zero-order chi connectivity index (χ0) is 16.4. The second-order valence-corrected chi connectivity index (χ2v) is 5.50. The van der Waals surface area contributed by atoms with Crippen molar-refractivity contribution in [3.63, 3.8) is 0 Å². The Hall–Kier alpha value is -1.47. The smallest absolute Gasteiger partial charge is 0.307 e. The Labute approximate surface area is 138 Å². The summed E-state index contributed by atoms with van der Waals surface area (Å²) < 4.78 is 10.6. The summed E-state index contributed by atoms with van der Waals surface area (Å²) in [6.07, 6.45) is 4.01. The first-order chi connectivity index (χ1) is 10.6. The average Bonchev–Trinajstić information content (AvgIpc) is 2.50. The van der Waals surface area contributed by atoms with Crippen LogP contribution in [0.15, 0.2) is 22.9 Å². The molecular formula is C15H21BrN2O4. The Kier molecular flexibility index (Phi) is 8.69. The predicted molar refractivity (Wildman–Crippen MR) is 85.6 cm³/mol. The highest BCUT2D eigenvalue weighted by molar-refractivity contribution is 9.10. The van der Waals surface area contributed by atoms with Crippen LogP contribution in [0.2, 0.25) is 0 Å². The molecule has 0 aliphatic heterocycles. The van der Waals surface area contributed by atoms with Gasteiger partial charge >= 0.3 is 5.97 Å². The zero-order valence-electron chi connectivity index (χ0n) is 12.9. The van der Waals surface area contributed by atoms with Gasteiger partial charge in [-0.3, -0.25) is 14.6 Å². The van der Waals surface area contributed by atoms with E-state index >= 15 is 0 Å². The number of rotatable bonds is 9. The highest BCUT2D eigenvalue weighted by Crippen LogP contribution is 2.12. The quantitative estimate of drug-likeness (QED) is 0.491. The molecular weight excluding hydrogens is 352 g/mol. The Balaban J connectivity index is 2.70. The van der Waals surface area contributed by atoms with E-state index in [4.69, 9.17) is 9.47 Å². The molecule has 0 aliphatic rings. The van der Waals surface area contributed by atoms with E-state index in [1.807, 2.05) is 0 Å². The second-order valence-electron chi connectivity index (χ2n) is 4.59. The highest BCUT2D eigenvalue weighted by Gasteiger charge is 2.17. The molecule has 0 N–H and O–H groups in total. The molecule has 6 nitrogen and oxygen atoms in total. The van der Waals surface area contributed by atoms with Gasteiger partial charge in [0.15, 0.2) is 0 Å². The second kappa shape index (κ2) is 10.3. The lowest BCUT2D eigenvalue weighted by Gasteiger charge is -2.22. The zero-order valence-corrected chi connectivity index (χ0v) is 14.5. The number of esters is 1. The van der Waals surface area contributed by atoms with Crippen LogP contribution in [0.5, 0.6) is 0 Å². The Morgan fingerprint density at radius 3 is 2.73 bits per heavy atom. The van der Waals surface area contributed by atoms with Gasteiger partial charge in [0.25, 0.3) is 5.91 Å². The van der Waals surface area contributed by atoms with Crippen LogP contribution in [0, 0.1) is 0 Å². The van der Waals surface area contributed by atoms with Crippen molar-refractivity contribution in [1.82, 2.24) is 9.88 Å². The van der Waals surface area contributed by atoms with E-state index in [1.165, 1.54) is 6.20 Å². The molecule has 22 heavy (non-hydrogen) atoms. The SMILES string of the molecule is CCOC(=O)CCN(CCCOC)C(=O)c1cncc(Br)c1. The first kappa shape index (κ1) is 18.6. The standard InChI is InChI=1S/C15H21BrN2O4/c1-3-22-14(19)5-7-18(6-4-8-21-2)15(20)12-9-13(16)11-17-10-12/h9-11H,3-8H2,1-2H3. The van der Waals surface area contributed by atoms with Gasteiger partial charge in [-0.2, -0.15) is 0 Å². The van der Waals surface area contributed by atoms with Crippen LogP contribution < -0.4 is 0 Å². The minimum Gasteiger partial charge on any atom is -0.466 e. The summed E-state index contributed by atoms with van der Waals surface area (Å²) in [5, 5.41) is 0. The number of pyridine rings is 1. The van der Waals surface area contributed by atoms with Crippen molar-refractivity contribution >= 4 is 27.8 Å². The predicted octanol–water partition coefficient (Wildman–Crippen LogP) is 2.28. The van der Waals surface area contributed by atoms with Crippen molar-refractivity contribution in [2.24, 2.45) is 0 Å². The summed E-state index contributed by atoms with van der Waals surface area (Å²) in [5.41, 5.74) is 0.482. The van der Waals surface area contributed by atoms with Crippen LogP contribution in [0.1, 0.15) is 30.1 Å². The molecule has 1 aromatic heterocycles. The Bertz CT molecular complexity index is 496. The molecule has 0 aromatic carbocycles. The molecule has 0 aliphatic carbocycles. The van der Waals surface area contributed by atoms with Crippen molar-refractivity contribution in [3.8, 4) is 0 Å². The van der Waals surface area contributed by atoms with E-state index in [-0.39, 0.29) is 18.3 Å². The van der Waals surface area contributed by atoms with Crippen molar-refractivity contribution in [2.75, 3.05) is 33.4 Å². The third-order valence-corrected chi connectivity index (χ3v) is 3.34. The molecule has 1 heterocycles. The Morgan fingerprint density at radius 2 is 2.09 bits per heavy atom. The van der Waals surface area contributed by atoms with Crippen molar-refractivity contribution in [2.45, 2.75) is 19.8 Å². The van der Waals surface area contributed by atoms with Crippen LogP contribution in [0.4, 0.5) is 0 Å². The van der Waals surface area contributed by atoms with Gasteiger partial charge in [0.2, 0.25) is 0 Å². The molecule has 0 spiro atoms. The van der Waals surface area contributed by atoms with Crippen LogP contribution in [0.25, 0.3) is 0 Å². The van der Waals surface area contributed by atoms with E-state index < -0.39 is 0 Å². The van der Waals surface area contributed by atoms with Gasteiger partial charge in [-0.05, 0) is 35.3 Å². The van der Waals surface area contributed by atoms with Gasteiger partial charge in [0.1, 0.15) is 0 Å². The normalized spacial score (nSPS) is 10.3. The highest BCUT2D eigenvalue weighted by atomic mass is 79.9. The molecule has 0 bridgehead atoms. The lowest BCUT2D eigenvalue weighted by Crippen LogP contribution is -2.34. The number of hydrogen-bond donors (Lipinski definition) is 0. The van der Waals surface area contributed by atoms with E-state index in [1.54, 1.807) is 31.2 Å². The number of carbonyl (C=O) groups is 2. The number of methoxy groups -OCH3 is 1. The fraction of sp³-hybridized carbons (Fsp3) is 0.533. The van der Waals surface area contributed by atoms with Gasteiger partial charge < -0.3 is 14.4 Å². The fourth-order valence-electron chi connectivity index (χ4n) is 1.89. The summed E-state index contributed by atoms with van der Waals surface area (Å²) >= 11 is 3.30. The first-order valence-corrected chi connectivity index (χ1v) is 7.92. The van der Waals surface area contributed by atoms with Crippen LogP contribution in [0.3, 0.4) is 0 Å². The van der Waals surface area contributed by atoms with Crippen LogP contribution in [-0.4, -0.2) is 55.2 Å². The number of carbonyl (C=O) groups excluding carboxylic acids is 2. The number of halogens is 1. The average molecular weight is 373 g/mol. The molecule has 1 rings (SSSR count). The molecule has 122 valence electrons. The summed E-state index contributed by atoms with van der Waals surface area (Å²) in [7, 11) is 1.61. The maximum atomic E-state index is 12.5. The van der Waals surface area contributed by atoms with Crippen molar-refractivity contribution in [3.05, 3.63) is 28.5 Å². The van der Waals surface area contributed by atoms with E-state index in [0.29, 0.717) is 38.3 Å². The lowest BCUT2D eigenvalue weighted by molar-refractivity contribution is -0.143. The van der Waals surface area contributed by atoms with Crippen molar-refractivity contribution in [1.29, 1.82) is 0 Å². The number of amides is 1. The maximum Gasteiger partial charge on any atom is 0.307 e. The van der Waals surface area contributed by atoms with E-state index in [0.717, 1.165) is 4.47 Å². The number of ether oxygens (including phenoxy) is 2. The van der Waals surface area contributed by atoms with Gasteiger partial charge in [-0.1, -0.05) is 0 Å². The third-order valence-electron chi connectivity index (χ3n) is 2.91. The lowest BCUT2D eigenvalue weighted by atomic mass is 10.2. The van der Waals surface area contributed by atoms with Gasteiger partial charge in [-0.25, -0.2) is 0 Å². The first-order valence-electron chi connectivity index (χ1n) is 7.12. The molecule has 0 unspecified atom stereocenters. The number of nitrogens with zero attached hydrogens (tertiary/aromatic N) is 2. The molecule has 0 saturated heterocycles. The monoisotopic (exact) mass is 372 g/mol. The number of aromatic nitrogens is 1. The molecule has 1 aromatic rings. The van der Waals surface area contributed by atoms with Gasteiger partial charge in [0, 0.05) is 43.7 Å². The fourth-order valence-corrected chi connectivity index (χ4v) is 2.25. The van der Waals surface area contributed by atoms with Crippen molar-refractivity contribution < 1.29 is 19.1 Å². The van der Waals surface area contributed by atoms with Gasteiger partial charge in [-0.15, -0.1) is 0 Å². The molecule has 0 atom stereocenters. The third kappa shape index (κ3) is 6.53. The van der Waals surface area contributed by atoms with E-state index in [2.05, 4.69) is 20.9 Å². The largest absolute Gasteiger partial charge is 0.466 e. The summed E-state index contributed by atoms with van der Waals surface area (Å²) in [4.78, 5) is 29.6. The number of hydrogen-bond acceptors (Lipinski definition) is 5. The Morgan fingerprint density at radius 1 is 1.32 bits per heavy atom. The van der Waals surface area contributed by atoms with Crippen LogP contribution in [-0.2, 0) is 14.3 Å². The topological polar surface area (TPSA) is 68.7 Å². The molecule has 0 fully saturated rings. The van der Waals surface area contributed by atoms with E-state index in [9.17, 15) is 9.59 Å². The summed E-state index contributed by atoms with van der Waals surface area (Å²) in [6, 6.07) is 1.71.